The number of aromatic nitrogens is 3. The molecule has 5 rings (SSSR count). The number of carbonyl (C=O) groups excluding carboxylic acids is 2. The van der Waals surface area contributed by atoms with E-state index in [1.165, 1.54) is 4.52 Å². The molecule has 0 spiro atoms. The number of alkyl halides is 3. The Labute approximate surface area is 268 Å². The van der Waals surface area contributed by atoms with Gasteiger partial charge in [-0.2, -0.15) is 17.7 Å². The monoisotopic (exact) mass is 667 g/mol. The molecule has 46 heavy (non-hydrogen) atoms. The van der Waals surface area contributed by atoms with Crippen molar-refractivity contribution >= 4 is 46.4 Å². The van der Waals surface area contributed by atoms with Crippen LogP contribution < -0.4 is 20.7 Å². The summed E-state index contributed by atoms with van der Waals surface area (Å²) in [5.74, 6) is -0.00832. The van der Waals surface area contributed by atoms with Gasteiger partial charge in [-0.1, -0.05) is 18.5 Å². The van der Waals surface area contributed by atoms with E-state index in [4.69, 9.17) is 21.1 Å². The van der Waals surface area contributed by atoms with Crippen LogP contribution >= 0.6 is 11.6 Å². The number of carbonyl (C=O) groups is 2. The van der Waals surface area contributed by atoms with Crippen LogP contribution in [0.3, 0.4) is 0 Å². The van der Waals surface area contributed by atoms with Crippen LogP contribution in [0.15, 0.2) is 29.1 Å². The van der Waals surface area contributed by atoms with Crippen molar-refractivity contribution in [1.82, 2.24) is 19.1 Å². The molecule has 4 heterocycles. The Morgan fingerprint density at radius 3 is 2.28 bits per heavy atom. The van der Waals surface area contributed by atoms with Crippen molar-refractivity contribution in [3.63, 3.8) is 0 Å². The van der Waals surface area contributed by atoms with Gasteiger partial charge in [-0.15, -0.1) is 5.10 Å². The number of piperazine rings is 1. The lowest BCUT2D eigenvalue weighted by atomic mass is 10.2. The summed E-state index contributed by atoms with van der Waals surface area (Å²) in [5, 5.41) is 6.98. The summed E-state index contributed by atoms with van der Waals surface area (Å²) in [5.41, 5.74) is -0.604. The molecule has 2 amide bonds. The second kappa shape index (κ2) is 13.0. The summed E-state index contributed by atoms with van der Waals surface area (Å²) >= 11 is 6.11. The lowest BCUT2D eigenvalue weighted by Crippen LogP contribution is -2.51. The van der Waals surface area contributed by atoms with Crippen LogP contribution in [-0.2, 0) is 33.4 Å². The maximum absolute atomic E-state index is 14.1. The Morgan fingerprint density at radius 1 is 1.02 bits per heavy atom. The van der Waals surface area contributed by atoms with Gasteiger partial charge in [-0.25, -0.2) is 4.79 Å². The fourth-order valence-corrected chi connectivity index (χ4v) is 5.78. The highest BCUT2D eigenvalue weighted by Gasteiger charge is 2.32. The third kappa shape index (κ3) is 7.20. The zero-order valence-corrected chi connectivity index (χ0v) is 26.9. The molecule has 2 aromatic heterocycles. The quantitative estimate of drug-likeness (QED) is 0.415. The van der Waals surface area contributed by atoms with E-state index < -0.39 is 29.3 Å². The first-order chi connectivity index (χ1) is 21.7. The molecule has 0 aliphatic carbocycles. The van der Waals surface area contributed by atoms with Gasteiger partial charge in [0.15, 0.2) is 5.82 Å². The molecule has 0 saturated carbocycles. The molecular weight excluding hydrogens is 631 g/mol. The number of anilines is 3. The van der Waals surface area contributed by atoms with Crippen molar-refractivity contribution in [2.75, 3.05) is 67.6 Å². The van der Waals surface area contributed by atoms with Gasteiger partial charge in [0.05, 0.1) is 29.5 Å². The van der Waals surface area contributed by atoms with Crippen molar-refractivity contribution in [2.45, 2.75) is 52.4 Å². The van der Waals surface area contributed by atoms with Gasteiger partial charge < -0.3 is 34.1 Å². The lowest BCUT2D eigenvalue weighted by molar-refractivity contribution is -0.137. The summed E-state index contributed by atoms with van der Waals surface area (Å²) in [6, 6.07) is 4.45. The number of nitrogens with zero attached hydrogens (tertiary/aromatic N) is 6. The van der Waals surface area contributed by atoms with E-state index in [9.17, 15) is 27.6 Å². The summed E-state index contributed by atoms with van der Waals surface area (Å²) in [6.07, 6.45) is -4.64. The summed E-state index contributed by atoms with van der Waals surface area (Å²) in [6.45, 7) is 10.5. The maximum atomic E-state index is 14.1. The van der Waals surface area contributed by atoms with Gasteiger partial charge in [0.2, 0.25) is 5.91 Å². The van der Waals surface area contributed by atoms with E-state index in [0.29, 0.717) is 81.7 Å². The van der Waals surface area contributed by atoms with Crippen LogP contribution in [0, 0.1) is 0 Å². The number of hydrogen-bond donors (Lipinski definition) is 1. The van der Waals surface area contributed by atoms with Crippen LogP contribution in [0.25, 0.3) is 5.65 Å². The predicted molar refractivity (Wildman–Crippen MR) is 167 cm³/mol. The van der Waals surface area contributed by atoms with Gasteiger partial charge in [-0.3, -0.25) is 9.59 Å². The molecule has 3 aromatic rings. The summed E-state index contributed by atoms with van der Waals surface area (Å²) in [4.78, 5) is 45.7. The molecule has 0 bridgehead atoms. The second-order valence-electron chi connectivity index (χ2n) is 12.1. The van der Waals surface area contributed by atoms with Crippen LogP contribution in [0.4, 0.5) is 35.2 Å². The number of nitrogens with one attached hydrogen (secondary N) is 1. The van der Waals surface area contributed by atoms with Crippen molar-refractivity contribution in [1.29, 1.82) is 0 Å². The second-order valence-corrected chi connectivity index (χ2v) is 12.5. The summed E-state index contributed by atoms with van der Waals surface area (Å²) < 4.78 is 53.4. The van der Waals surface area contributed by atoms with Crippen LogP contribution in [0.2, 0.25) is 5.02 Å². The lowest BCUT2D eigenvalue weighted by Gasteiger charge is -2.37. The SMILES string of the molecule is CCc1c(N2CCN(C(=O)OC(C)(C)C)CC2)c(=O)n2nc(N3CCOCC3)cc2n1CC(=O)Nc1ccc(C(F)(F)F)cc1Cl. The predicted octanol–water partition coefficient (Wildman–Crippen LogP) is 4.26. The number of ether oxygens (including phenoxy) is 2. The number of hydrogen-bond acceptors (Lipinski definition) is 8. The minimum absolute atomic E-state index is 0.0239. The molecule has 16 heteroatoms. The summed E-state index contributed by atoms with van der Waals surface area (Å²) in [7, 11) is 0. The molecular formula is C30H37ClF3N7O5. The Balaban J connectivity index is 1.50. The molecule has 2 aliphatic rings. The average Bonchev–Trinajstić information content (AvgIpc) is 3.45. The zero-order chi connectivity index (χ0) is 33.4. The first-order valence-corrected chi connectivity index (χ1v) is 15.4. The normalized spacial score (nSPS) is 16.2. The van der Waals surface area contributed by atoms with Crippen LogP contribution in [0.1, 0.15) is 39.0 Å². The van der Waals surface area contributed by atoms with Gasteiger partial charge in [0.1, 0.15) is 23.5 Å². The highest BCUT2D eigenvalue weighted by Crippen LogP contribution is 2.34. The number of rotatable bonds is 6. The maximum Gasteiger partial charge on any atom is 0.416 e. The Bertz CT molecular complexity index is 1670. The largest absolute Gasteiger partial charge is 0.444 e. The molecule has 1 aromatic carbocycles. The highest BCUT2D eigenvalue weighted by atomic mass is 35.5. The van der Waals surface area contributed by atoms with E-state index in [1.54, 1.807) is 36.3 Å². The minimum atomic E-state index is -4.58. The Hall–Kier alpha value is -3.98. The number of morpholine rings is 1. The fourth-order valence-electron chi connectivity index (χ4n) is 5.56. The van der Waals surface area contributed by atoms with Crippen molar-refractivity contribution < 1.29 is 32.2 Å². The molecule has 2 aliphatic heterocycles. The van der Waals surface area contributed by atoms with E-state index in [1.807, 2.05) is 16.7 Å². The Kier molecular flexibility index (Phi) is 9.45. The minimum Gasteiger partial charge on any atom is -0.444 e. The Morgan fingerprint density at radius 2 is 1.70 bits per heavy atom. The topological polar surface area (TPSA) is 114 Å². The molecule has 12 nitrogen and oxygen atoms in total. The van der Waals surface area contributed by atoms with Crippen LogP contribution in [0.5, 0.6) is 0 Å². The number of amides is 2. The first kappa shape index (κ1) is 33.4. The average molecular weight is 668 g/mol. The molecule has 2 fully saturated rings. The molecule has 2 saturated heterocycles. The molecule has 1 N–H and O–H groups in total. The van der Waals surface area contributed by atoms with Crippen molar-refractivity contribution in [2.24, 2.45) is 0 Å². The molecule has 0 atom stereocenters. The number of fused-ring (bicyclic) bond motifs is 1. The smallest absolute Gasteiger partial charge is 0.416 e. The zero-order valence-electron chi connectivity index (χ0n) is 26.1. The highest BCUT2D eigenvalue weighted by molar-refractivity contribution is 6.33. The van der Waals surface area contributed by atoms with E-state index in [2.05, 4.69) is 10.4 Å². The number of benzene rings is 1. The van der Waals surface area contributed by atoms with Gasteiger partial charge >= 0.3 is 12.3 Å². The van der Waals surface area contributed by atoms with Crippen LogP contribution in [-0.4, -0.2) is 89.2 Å². The van der Waals surface area contributed by atoms with E-state index in [0.717, 1.165) is 18.2 Å². The molecule has 250 valence electrons. The first-order valence-electron chi connectivity index (χ1n) is 15.0. The number of halogens is 4. The fraction of sp³-hybridized carbons (Fsp3) is 0.533. The third-order valence-corrected chi connectivity index (χ3v) is 8.05. The van der Waals surface area contributed by atoms with E-state index >= 15 is 0 Å². The third-order valence-electron chi connectivity index (χ3n) is 7.74. The van der Waals surface area contributed by atoms with Crippen molar-refractivity contribution in [3.05, 3.63) is 50.9 Å². The standard InChI is InChI=1S/C30H37ClF3N7O5/c1-5-22-26(38-8-10-39(11-9-38)28(44)46-29(2,3)4)27(43)41-25(17-23(36-41)37-12-14-45-15-13-37)40(22)18-24(42)35-21-7-6-19(16-20(21)31)30(32,33)34/h6-7,16-17H,5,8-15,18H2,1-4H3,(H,35,42). The van der Waals surface area contributed by atoms with E-state index in [-0.39, 0.29) is 22.8 Å². The van der Waals surface area contributed by atoms with Gasteiger partial charge in [0, 0.05) is 51.0 Å². The molecule has 0 radical (unpaired) electrons. The van der Waals surface area contributed by atoms with Crippen molar-refractivity contribution in [3.8, 4) is 0 Å². The molecule has 0 unspecified atom stereocenters. The van der Waals surface area contributed by atoms with Gasteiger partial charge in [-0.05, 0) is 45.4 Å². The van der Waals surface area contributed by atoms with Gasteiger partial charge in [0.25, 0.3) is 5.56 Å².